The molecule has 0 radical (unpaired) electrons. The first-order chi connectivity index (χ1) is 13.2. The van der Waals surface area contributed by atoms with Gasteiger partial charge in [0.05, 0.1) is 9.82 Å². The molecule has 1 heterocycles. The Hall–Kier alpha value is -2.16. The molecule has 0 spiro atoms. The SMILES string of the molecule is CS(=O)(=O)c1ccc(N2CCC(NC(=O)CC3CCCC3)CC2)c([N+](=O)[O-])c1. The van der Waals surface area contributed by atoms with E-state index in [-0.39, 0.29) is 22.5 Å². The molecule has 0 aromatic heterocycles. The highest BCUT2D eigenvalue weighted by molar-refractivity contribution is 7.90. The van der Waals surface area contributed by atoms with Crippen LogP contribution in [0.1, 0.15) is 44.9 Å². The average molecular weight is 410 g/mol. The Labute approximate surface area is 165 Å². The number of amides is 1. The van der Waals surface area contributed by atoms with Crippen LogP contribution in [0.2, 0.25) is 0 Å². The van der Waals surface area contributed by atoms with Crippen molar-refractivity contribution < 1.29 is 18.1 Å². The summed E-state index contributed by atoms with van der Waals surface area (Å²) in [5.41, 5.74) is 0.222. The number of nitrogens with zero attached hydrogens (tertiary/aromatic N) is 2. The van der Waals surface area contributed by atoms with E-state index in [9.17, 15) is 23.3 Å². The molecule has 0 atom stereocenters. The molecule has 1 amide bonds. The lowest BCUT2D eigenvalue weighted by Gasteiger charge is -2.33. The first-order valence-corrected chi connectivity index (χ1v) is 11.7. The van der Waals surface area contributed by atoms with E-state index in [2.05, 4.69) is 5.32 Å². The van der Waals surface area contributed by atoms with Crippen LogP contribution in [0.4, 0.5) is 11.4 Å². The smallest absolute Gasteiger partial charge is 0.293 e. The molecule has 0 unspecified atom stereocenters. The molecule has 0 bridgehead atoms. The number of rotatable bonds is 6. The molecule has 2 aliphatic rings. The first kappa shape index (κ1) is 20.6. The Morgan fingerprint density at radius 3 is 2.43 bits per heavy atom. The topological polar surface area (TPSA) is 110 Å². The molecule has 1 saturated heterocycles. The number of hydrogen-bond donors (Lipinski definition) is 1. The number of piperidine rings is 1. The van der Waals surface area contributed by atoms with Crippen LogP contribution in [-0.2, 0) is 14.6 Å². The van der Waals surface area contributed by atoms with Crippen LogP contribution in [0.3, 0.4) is 0 Å². The van der Waals surface area contributed by atoms with Gasteiger partial charge in [0.25, 0.3) is 5.69 Å². The summed E-state index contributed by atoms with van der Waals surface area (Å²) < 4.78 is 23.4. The average Bonchev–Trinajstić information content (AvgIpc) is 3.14. The van der Waals surface area contributed by atoms with E-state index in [0.29, 0.717) is 44.0 Å². The van der Waals surface area contributed by atoms with Crippen molar-refractivity contribution in [2.45, 2.75) is 55.9 Å². The summed E-state index contributed by atoms with van der Waals surface area (Å²) in [6.45, 7) is 1.15. The summed E-state index contributed by atoms with van der Waals surface area (Å²) in [5.74, 6) is 0.616. The van der Waals surface area contributed by atoms with Gasteiger partial charge in [-0.2, -0.15) is 0 Å². The van der Waals surface area contributed by atoms with Crippen molar-refractivity contribution in [3.05, 3.63) is 28.3 Å². The van der Waals surface area contributed by atoms with Crippen molar-refractivity contribution in [3.8, 4) is 0 Å². The van der Waals surface area contributed by atoms with Crippen molar-refractivity contribution in [3.63, 3.8) is 0 Å². The normalized spacial score (nSPS) is 19.0. The number of nitro benzene ring substituents is 1. The number of anilines is 1. The Kier molecular flexibility index (Phi) is 6.22. The zero-order valence-corrected chi connectivity index (χ0v) is 16.9. The molecule has 154 valence electrons. The van der Waals surface area contributed by atoms with E-state index in [0.717, 1.165) is 25.2 Å². The maximum Gasteiger partial charge on any atom is 0.293 e. The largest absolute Gasteiger partial charge is 0.366 e. The van der Waals surface area contributed by atoms with Gasteiger partial charge in [-0.15, -0.1) is 0 Å². The minimum atomic E-state index is -3.51. The fourth-order valence-corrected chi connectivity index (χ4v) is 4.82. The second kappa shape index (κ2) is 8.46. The van der Waals surface area contributed by atoms with Crippen molar-refractivity contribution in [1.82, 2.24) is 5.32 Å². The van der Waals surface area contributed by atoms with Crippen molar-refractivity contribution in [1.29, 1.82) is 0 Å². The van der Waals surface area contributed by atoms with E-state index in [1.165, 1.54) is 25.0 Å². The first-order valence-electron chi connectivity index (χ1n) is 9.77. The summed E-state index contributed by atoms with van der Waals surface area (Å²) in [6.07, 6.45) is 7.76. The van der Waals surface area contributed by atoms with Crippen molar-refractivity contribution in [2.24, 2.45) is 5.92 Å². The van der Waals surface area contributed by atoms with E-state index in [4.69, 9.17) is 0 Å². The molecule has 1 aromatic rings. The summed E-state index contributed by atoms with van der Waals surface area (Å²) in [4.78, 5) is 25.0. The van der Waals surface area contributed by atoms with Gasteiger partial charge < -0.3 is 10.2 Å². The monoisotopic (exact) mass is 409 g/mol. The van der Waals surface area contributed by atoms with E-state index < -0.39 is 14.8 Å². The maximum atomic E-state index is 12.2. The second-order valence-corrected chi connectivity index (χ2v) is 9.88. The molecule has 28 heavy (non-hydrogen) atoms. The third-order valence-corrected chi connectivity index (χ3v) is 6.83. The number of nitro groups is 1. The minimum Gasteiger partial charge on any atom is -0.366 e. The Bertz CT molecular complexity index is 841. The lowest BCUT2D eigenvalue weighted by atomic mass is 10.0. The van der Waals surface area contributed by atoms with Gasteiger partial charge in [0.2, 0.25) is 5.91 Å². The molecular weight excluding hydrogens is 382 g/mol. The van der Waals surface area contributed by atoms with Gasteiger partial charge in [0.15, 0.2) is 9.84 Å². The number of hydrogen-bond acceptors (Lipinski definition) is 6. The maximum absolute atomic E-state index is 12.2. The van der Waals surface area contributed by atoms with Crippen LogP contribution >= 0.6 is 0 Å². The molecule has 1 aliphatic heterocycles. The molecule has 1 aliphatic carbocycles. The highest BCUT2D eigenvalue weighted by Gasteiger charge is 2.27. The van der Waals surface area contributed by atoms with E-state index >= 15 is 0 Å². The summed E-state index contributed by atoms with van der Waals surface area (Å²) >= 11 is 0. The summed E-state index contributed by atoms with van der Waals surface area (Å²) in [7, 11) is -3.51. The second-order valence-electron chi connectivity index (χ2n) is 7.86. The van der Waals surface area contributed by atoms with Gasteiger partial charge in [0.1, 0.15) is 5.69 Å². The van der Waals surface area contributed by atoms with Crippen LogP contribution in [-0.4, -0.2) is 44.6 Å². The lowest BCUT2D eigenvalue weighted by molar-refractivity contribution is -0.384. The van der Waals surface area contributed by atoms with Crippen LogP contribution < -0.4 is 10.2 Å². The van der Waals surface area contributed by atoms with E-state index in [1.807, 2.05) is 4.90 Å². The molecule has 3 rings (SSSR count). The molecular formula is C19H27N3O5S. The van der Waals surface area contributed by atoms with Gasteiger partial charge in [-0.05, 0) is 43.7 Å². The Morgan fingerprint density at radius 2 is 1.86 bits per heavy atom. The number of nitrogens with one attached hydrogen (secondary N) is 1. The quantitative estimate of drug-likeness (QED) is 0.571. The van der Waals surface area contributed by atoms with Gasteiger partial charge in [0, 0.05) is 37.9 Å². The fourth-order valence-electron chi connectivity index (χ4n) is 4.18. The molecule has 1 aromatic carbocycles. The predicted molar refractivity (Wildman–Crippen MR) is 106 cm³/mol. The zero-order valence-electron chi connectivity index (χ0n) is 16.1. The van der Waals surface area contributed by atoms with Crippen molar-refractivity contribution >= 4 is 27.1 Å². The molecule has 2 fully saturated rings. The summed E-state index contributed by atoms with van der Waals surface area (Å²) in [6, 6.07) is 4.13. The molecule has 8 nitrogen and oxygen atoms in total. The lowest BCUT2D eigenvalue weighted by Crippen LogP contribution is -2.45. The minimum absolute atomic E-state index is 0.0583. The third-order valence-electron chi connectivity index (χ3n) is 5.72. The molecule has 9 heteroatoms. The Morgan fingerprint density at radius 1 is 1.21 bits per heavy atom. The van der Waals surface area contributed by atoms with Gasteiger partial charge in [-0.25, -0.2) is 8.42 Å². The van der Waals surface area contributed by atoms with Gasteiger partial charge >= 0.3 is 0 Å². The Balaban J connectivity index is 1.61. The van der Waals surface area contributed by atoms with Crippen molar-refractivity contribution in [2.75, 3.05) is 24.2 Å². The van der Waals surface area contributed by atoms with Gasteiger partial charge in [-0.3, -0.25) is 14.9 Å². The number of sulfone groups is 1. The number of carbonyl (C=O) groups excluding carboxylic acids is 1. The number of carbonyl (C=O) groups is 1. The van der Waals surface area contributed by atoms with Gasteiger partial charge in [-0.1, -0.05) is 12.8 Å². The standard InChI is InChI=1S/C19H27N3O5S/c1-28(26,27)16-6-7-17(18(13-16)22(24)25)21-10-8-15(9-11-21)20-19(23)12-14-4-2-3-5-14/h6-7,13-15H,2-5,8-12H2,1H3,(H,20,23). The fraction of sp³-hybridized carbons (Fsp3) is 0.632. The van der Waals surface area contributed by atoms with Crippen LogP contribution in [0.15, 0.2) is 23.1 Å². The van der Waals surface area contributed by atoms with E-state index in [1.54, 1.807) is 0 Å². The predicted octanol–water partition coefficient (Wildman–Crippen LogP) is 2.66. The number of benzene rings is 1. The molecule has 1 saturated carbocycles. The molecule has 1 N–H and O–H groups in total. The highest BCUT2D eigenvalue weighted by Crippen LogP contribution is 2.33. The van der Waals surface area contributed by atoms with Crippen LogP contribution in [0.5, 0.6) is 0 Å². The zero-order chi connectivity index (χ0) is 20.3. The highest BCUT2D eigenvalue weighted by atomic mass is 32.2. The summed E-state index contributed by atoms with van der Waals surface area (Å²) in [5, 5.41) is 14.6. The third kappa shape index (κ3) is 5.01. The van der Waals surface area contributed by atoms with Crippen LogP contribution in [0.25, 0.3) is 0 Å². The van der Waals surface area contributed by atoms with Crippen LogP contribution in [0, 0.1) is 16.0 Å².